The molecule has 1 aromatic carbocycles. The molecular formula is C17H20ClN3O2S. The van der Waals surface area contributed by atoms with E-state index in [4.69, 9.17) is 11.6 Å². The summed E-state index contributed by atoms with van der Waals surface area (Å²) in [6.45, 7) is 4.34. The van der Waals surface area contributed by atoms with E-state index in [1.54, 1.807) is 6.92 Å². The average molecular weight is 366 g/mol. The van der Waals surface area contributed by atoms with Crippen LogP contribution in [0.3, 0.4) is 0 Å². The van der Waals surface area contributed by atoms with Gasteiger partial charge in [-0.1, -0.05) is 42.4 Å². The highest BCUT2D eigenvalue weighted by Crippen LogP contribution is 2.21. The number of carbonyl (C=O) groups excluding carboxylic acids is 1. The summed E-state index contributed by atoms with van der Waals surface area (Å²) in [7, 11) is 0. The maximum atomic E-state index is 12.2. The molecule has 7 heteroatoms. The summed E-state index contributed by atoms with van der Waals surface area (Å²) in [4.78, 5) is 31.2. The lowest BCUT2D eigenvalue weighted by Crippen LogP contribution is -2.29. The van der Waals surface area contributed by atoms with E-state index in [1.807, 2.05) is 31.2 Å². The van der Waals surface area contributed by atoms with Crippen molar-refractivity contribution in [2.45, 2.75) is 37.6 Å². The molecule has 2 aromatic rings. The molecule has 0 aliphatic rings. The van der Waals surface area contributed by atoms with Crippen LogP contribution in [-0.2, 0) is 17.0 Å². The van der Waals surface area contributed by atoms with Crippen molar-refractivity contribution in [2.75, 3.05) is 6.54 Å². The van der Waals surface area contributed by atoms with Gasteiger partial charge in [0.25, 0.3) is 5.56 Å². The topological polar surface area (TPSA) is 74.8 Å². The molecular weight excluding hydrogens is 346 g/mol. The van der Waals surface area contributed by atoms with Gasteiger partial charge in [-0.2, -0.15) is 0 Å². The summed E-state index contributed by atoms with van der Waals surface area (Å²) in [5.74, 6) is 0.491. The van der Waals surface area contributed by atoms with Gasteiger partial charge in [-0.25, -0.2) is 4.98 Å². The Kier molecular flexibility index (Phi) is 6.87. The predicted molar refractivity (Wildman–Crippen MR) is 97.6 cm³/mol. The Bertz CT molecular complexity index is 777. The smallest absolute Gasteiger partial charge is 0.255 e. The SMILES string of the molecule is CCCNC(=O)Cc1c(C)nc(SCc2cccc(Cl)c2)[nH]c1=O. The molecule has 0 unspecified atom stereocenters. The van der Waals surface area contributed by atoms with Crippen LogP contribution in [0.25, 0.3) is 0 Å². The zero-order valence-corrected chi connectivity index (χ0v) is 15.3. The molecule has 1 heterocycles. The van der Waals surface area contributed by atoms with Crippen LogP contribution >= 0.6 is 23.4 Å². The monoisotopic (exact) mass is 365 g/mol. The number of halogens is 1. The first kappa shape index (κ1) is 18.5. The number of amides is 1. The van der Waals surface area contributed by atoms with Gasteiger partial charge < -0.3 is 10.3 Å². The second-order valence-electron chi connectivity index (χ2n) is 5.38. The van der Waals surface area contributed by atoms with Gasteiger partial charge in [0.2, 0.25) is 5.91 Å². The molecule has 1 aromatic heterocycles. The van der Waals surface area contributed by atoms with Gasteiger partial charge in [0, 0.05) is 28.6 Å². The molecule has 1 amide bonds. The Hall–Kier alpha value is -1.79. The van der Waals surface area contributed by atoms with Gasteiger partial charge in [-0.05, 0) is 31.0 Å². The largest absolute Gasteiger partial charge is 0.356 e. The number of benzene rings is 1. The maximum Gasteiger partial charge on any atom is 0.255 e. The molecule has 0 spiro atoms. The Labute approximate surface area is 150 Å². The highest BCUT2D eigenvalue weighted by atomic mass is 35.5. The molecule has 24 heavy (non-hydrogen) atoms. The third-order valence-electron chi connectivity index (χ3n) is 3.37. The summed E-state index contributed by atoms with van der Waals surface area (Å²) in [6, 6.07) is 7.55. The highest BCUT2D eigenvalue weighted by molar-refractivity contribution is 7.98. The quantitative estimate of drug-likeness (QED) is 0.584. The summed E-state index contributed by atoms with van der Waals surface area (Å²) in [5.41, 5.74) is 1.79. The van der Waals surface area contributed by atoms with Crippen molar-refractivity contribution in [1.29, 1.82) is 0 Å². The number of thioether (sulfide) groups is 1. The molecule has 2 rings (SSSR count). The van der Waals surface area contributed by atoms with E-state index in [1.165, 1.54) is 11.8 Å². The molecule has 0 atom stereocenters. The lowest BCUT2D eigenvalue weighted by Gasteiger charge is -2.08. The summed E-state index contributed by atoms with van der Waals surface area (Å²) in [5, 5.41) is 3.98. The number of nitrogens with one attached hydrogen (secondary N) is 2. The van der Waals surface area contributed by atoms with Crippen LogP contribution < -0.4 is 10.9 Å². The number of hydrogen-bond donors (Lipinski definition) is 2. The Morgan fingerprint density at radius 2 is 2.21 bits per heavy atom. The average Bonchev–Trinajstić information content (AvgIpc) is 2.54. The second kappa shape index (κ2) is 8.89. The van der Waals surface area contributed by atoms with Gasteiger partial charge in [0.05, 0.1) is 6.42 Å². The molecule has 5 nitrogen and oxygen atoms in total. The first-order valence-corrected chi connectivity index (χ1v) is 9.09. The second-order valence-corrected chi connectivity index (χ2v) is 6.78. The van der Waals surface area contributed by atoms with Crippen molar-refractivity contribution in [3.8, 4) is 0 Å². The minimum Gasteiger partial charge on any atom is -0.356 e. The van der Waals surface area contributed by atoms with Gasteiger partial charge in [0.15, 0.2) is 5.16 Å². The number of aryl methyl sites for hydroxylation is 1. The fourth-order valence-corrected chi connectivity index (χ4v) is 3.19. The highest BCUT2D eigenvalue weighted by Gasteiger charge is 2.12. The van der Waals surface area contributed by atoms with Crippen LogP contribution in [0, 0.1) is 6.92 Å². The minimum absolute atomic E-state index is 0.0490. The number of H-pyrrole nitrogens is 1. The Balaban J connectivity index is 2.06. The van der Waals surface area contributed by atoms with Gasteiger partial charge in [-0.15, -0.1) is 0 Å². The molecule has 0 aliphatic heterocycles. The van der Waals surface area contributed by atoms with Crippen LogP contribution in [0.2, 0.25) is 5.02 Å². The maximum absolute atomic E-state index is 12.2. The molecule has 0 radical (unpaired) electrons. The first-order valence-electron chi connectivity index (χ1n) is 7.73. The third-order valence-corrected chi connectivity index (χ3v) is 4.55. The molecule has 128 valence electrons. The predicted octanol–water partition coefficient (Wildman–Crippen LogP) is 3.09. The number of nitrogens with zero attached hydrogens (tertiary/aromatic N) is 1. The standard InChI is InChI=1S/C17H20ClN3O2S/c1-3-7-19-15(22)9-14-11(2)20-17(21-16(14)23)24-10-12-5-4-6-13(18)8-12/h4-6,8H,3,7,9-10H2,1-2H3,(H,19,22)(H,20,21,23). The summed E-state index contributed by atoms with van der Waals surface area (Å²) < 4.78 is 0. The fraction of sp³-hybridized carbons (Fsp3) is 0.353. The van der Waals surface area contributed by atoms with Gasteiger partial charge in [-0.3, -0.25) is 9.59 Å². The molecule has 0 aliphatic carbocycles. The lowest BCUT2D eigenvalue weighted by molar-refractivity contribution is -0.120. The van der Waals surface area contributed by atoms with Crippen molar-refractivity contribution in [2.24, 2.45) is 0 Å². The van der Waals surface area contributed by atoms with Crippen LogP contribution in [-0.4, -0.2) is 22.4 Å². The number of aromatic amines is 1. The Morgan fingerprint density at radius 3 is 2.88 bits per heavy atom. The van der Waals surface area contributed by atoms with Crippen LogP contribution in [0.1, 0.15) is 30.2 Å². The van der Waals surface area contributed by atoms with E-state index < -0.39 is 0 Å². The molecule has 2 N–H and O–H groups in total. The minimum atomic E-state index is -0.261. The van der Waals surface area contributed by atoms with Crippen LogP contribution in [0.15, 0.2) is 34.2 Å². The van der Waals surface area contributed by atoms with Crippen molar-refractivity contribution in [1.82, 2.24) is 15.3 Å². The third kappa shape index (κ3) is 5.39. The van der Waals surface area contributed by atoms with Gasteiger partial charge >= 0.3 is 0 Å². The number of carbonyl (C=O) groups is 1. The molecule has 0 fully saturated rings. The fourth-order valence-electron chi connectivity index (χ4n) is 2.13. The van der Waals surface area contributed by atoms with E-state index in [0.717, 1.165) is 12.0 Å². The number of aromatic nitrogens is 2. The number of rotatable bonds is 7. The zero-order valence-electron chi connectivity index (χ0n) is 13.7. The molecule has 0 saturated carbocycles. The van der Waals surface area contributed by atoms with E-state index in [2.05, 4.69) is 15.3 Å². The Morgan fingerprint density at radius 1 is 1.42 bits per heavy atom. The van der Waals surface area contributed by atoms with Gasteiger partial charge in [0.1, 0.15) is 0 Å². The molecule has 0 bridgehead atoms. The lowest BCUT2D eigenvalue weighted by atomic mass is 10.1. The van der Waals surface area contributed by atoms with E-state index in [0.29, 0.717) is 33.7 Å². The first-order chi connectivity index (χ1) is 11.5. The van der Waals surface area contributed by atoms with Crippen molar-refractivity contribution < 1.29 is 4.79 Å². The summed E-state index contributed by atoms with van der Waals surface area (Å²) >= 11 is 7.39. The normalized spacial score (nSPS) is 10.6. The van der Waals surface area contributed by atoms with E-state index >= 15 is 0 Å². The zero-order chi connectivity index (χ0) is 17.5. The van der Waals surface area contributed by atoms with E-state index in [-0.39, 0.29) is 17.9 Å². The van der Waals surface area contributed by atoms with Crippen molar-refractivity contribution >= 4 is 29.3 Å². The number of hydrogen-bond acceptors (Lipinski definition) is 4. The summed E-state index contributed by atoms with van der Waals surface area (Å²) in [6.07, 6.45) is 0.909. The van der Waals surface area contributed by atoms with Crippen LogP contribution in [0.5, 0.6) is 0 Å². The van der Waals surface area contributed by atoms with Crippen molar-refractivity contribution in [3.63, 3.8) is 0 Å². The van der Waals surface area contributed by atoms with Crippen LogP contribution in [0.4, 0.5) is 0 Å². The van der Waals surface area contributed by atoms with Crippen molar-refractivity contribution in [3.05, 3.63) is 56.5 Å². The molecule has 0 saturated heterocycles. The van der Waals surface area contributed by atoms with E-state index in [9.17, 15) is 9.59 Å².